The molecule has 2 atom stereocenters. The van der Waals surface area contributed by atoms with Crippen molar-refractivity contribution in [1.82, 2.24) is 4.90 Å². The first-order valence-electron chi connectivity index (χ1n) is 4.97. The number of carbonyl (C=O) groups is 1. The Morgan fingerprint density at radius 2 is 2.12 bits per heavy atom. The second-order valence-corrected chi connectivity index (χ2v) is 3.87. The summed E-state index contributed by atoms with van der Waals surface area (Å²) in [5.74, 6) is -0.687. The Balaban J connectivity index is 0.00000225. The SMILES string of the molecule is CCC1CCN(C(=O)C(N)C(F)(F)F)C1.Cl. The maximum absolute atomic E-state index is 12.2. The van der Waals surface area contributed by atoms with Gasteiger partial charge in [0.15, 0.2) is 6.04 Å². The predicted octanol–water partition coefficient (Wildman–Crippen LogP) is 1.56. The van der Waals surface area contributed by atoms with Crippen LogP contribution in [0.15, 0.2) is 0 Å². The third-order valence-electron chi connectivity index (χ3n) is 2.79. The van der Waals surface area contributed by atoms with Crippen LogP contribution in [0, 0.1) is 5.92 Å². The molecule has 1 aliphatic heterocycles. The van der Waals surface area contributed by atoms with Gasteiger partial charge < -0.3 is 10.6 Å². The molecule has 7 heteroatoms. The van der Waals surface area contributed by atoms with Crippen LogP contribution in [-0.2, 0) is 4.79 Å². The molecule has 16 heavy (non-hydrogen) atoms. The summed E-state index contributed by atoms with van der Waals surface area (Å²) in [7, 11) is 0. The first kappa shape index (κ1) is 15.5. The van der Waals surface area contributed by atoms with E-state index in [0.717, 1.165) is 12.8 Å². The maximum Gasteiger partial charge on any atom is 0.412 e. The Bertz CT molecular complexity index is 247. The minimum atomic E-state index is -4.64. The standard InChI is InChI=1S/C9H15F3N2O.ClH/c1-2-6-3-4-14(5-6)8(15)7(13)9(10,11)12;/h6-7H,2-5,13H2,1H3;1H. The molecule has 1 rings (SSSR count). The summed E-state index contributed by atoms with van der Waals surface area (Å²) in [6.45, 7) is 2.75. The molecule has 0 aromatic carbocycles. The van der Waals surface area contributed by atoms with E-state index in [9.17, 15) is 18.0 Å². The van der Waals surface area contributed by atoms with E-state index in [1.807, 2.05) is 6.92 Å². The highest BCUT2D eigenvalue weighted by molar-refractivity contribution is 5.85. The lowest BCUT2D eigenvalue weighted by molar-refractivity contribution is -0.169. The second-order valence-electron chi connectivity index (χ2n) is 3.87. The molecule has 1 heterocycles. The maximum atomic E-state index is 12.2. The molecule has 1 aliphatic rings. The van der Waals surface area contributed by atoms with E-state index in [1.165, 1.54) is 4.90 Å². The number of nitrogens with two attached hydrogens (primary N) is 1. The van der Waals surface area contributed by atoms with Crippen LogP contribution in [0.25, 0.3) is 0 Å². The molecule has 0 aromatic rings. The molecule has 0 radical (unpaired) electrons. The normalized spacial score (nSPS) is 22.8. The third-order valence-corrected chi connectivity index (χ3v) is 2.79. The smallest absolute Gasteiger partial charge is 0.341 e. The van der Waals surface area contributed by atoms with E-state index in [4.69, 9.17) is 5.73 Å². The van der Waals surface area contributed by atoms with Crippen molar-refractivity contribution >= 4 is 18.3 Å². The lowest BCUT2D eigenvalue weighted by Gasteiger charge is -2.22. The Kier molecular flexibility index (Phi) is 5.55. The highest BCUT2D eigenvalue weighted by Crippen LogP contribution is 2.24. The Labute approximate surface area is 98.6 Å². The first-order chi connectivity index (χ1) is 6.86. The van der Waals surface area contributed by atoms with Gasteiger partial charge in [0.2, 0.25) is 5.91 Å². The van der Waals surface area contributed by atoms with Gasteiger partial charge in [0.1, 0.15) is 0 Å². The van der Waals surface area contributed by atoms with Crippen LogP contribution in [-0.4, -0.2) is 36.1 Å². The van der Waals surface area contributed by atoms with Gasteiger partial charge in [-0.05, 0) is 12.3 Å². The van der Waals surface area contributed by atoms with E-state index >= 15 is 0 Å². The van der Waals surface area contributed by atoms with E-state index in [2.05, 4.69) is 0 Å². The average molecular weight is 261 g/mol. The average Bonchev–Trinajstić information content (AvgIpc) is 2.62. The third kappa shape index (κ3) is 3.52. The summed E-state index contributed by atoms with van der Waals surface area (Å²) in [6, 6.07) is -2.37. The number of hydrogen-bond donors (Lipinski definition) is 1. The number of carbonyl (C=O) groups excluding carboxylic acids is 1. The van der Waals surface area contributed by atoms with Crippen molar-refractivity contribution in [3.63, 3.8) is 0 Å². The lowest BCUT2D eigenvalue weighted by Crippen LogP contribution is -2.51. The molecule has 0 saturated carbocycles. The van der Waals surface area contributed by atoms with Crippen molar-refractivity contribution in [1.29, 1.82) is 0 Å². The molecule has 3 nitrogen and oxygen atoms in total. The monoisotopic (exact) mass is 260 g/mol. The molecular weight excluding hydrogens is 245 g/mol. The summed E-state index contributed by atoms with van der Waals surface area (Å²) in [6.07, 6.45) is -2.99. The summed E-state index contributed by atoms with van der Waals surface area (Å²) in [4.78, 5) is 12.5. The lowest BCUT2D eigenvalue weighted by atomic mass is 10.1. The van der Waals surface area contributed by atoms with E-state index in [-0.39, 0.29) is 12.4 Å². The van der Waals surface area contributed by atoms with E-state index < -0.39 is 18.1 Å². The fourth-order valence-electron chi connectivity index (χ4n) is 1.70. The zero-order chi connectivity index (χ0) is 11.6. The topological polar surface area (TPSA) is 46.3 Å². The van der Waals surface area contributed by atoms with Crippen LogP contribution in [0.1, 0.15) is 19.8 Å². The van der Waals surface area contributed by atoms with Crippen LogP contribution in [0.5, 0.6) is 0 Å². The minimum Gasteiger partial charge on any atom is -0.341 e. The summed E-state index contributed by atoms with van der Waals surface area (Å²) >= 11 is 0. The van der Waals surface area contributed by atoms with E-state index in [1.54, 1.807) is 0 Å². The number of rotatable bonds is 2. The molecular formula is C9H16ClF3N2O. The van der Waals surface area contributed by atoms with Crippen LogP contribution in [0.3, 0.4) is 0 Å². The van der Waals surface area contributed by atoms with Crippen molar-refractivity contribution in [2.75, 3.05) is 13.1 Å². The molecule has 0 aromatic heterocycles. The number of amides is 1. The zero-order valence-corrected chi connectivity index (χ0v) is 9.77. The van der Waals surface area contributed by atoms with Gasteiger partial charge in [-0.1, -0.05) is 13.3 Å². The predicted molar refractivity (Wildman–Crippen MR) is 56.3 cm³/mol. The van der Waals surface area contributed by atoms with Gasteiger partial charge in [0.05, 0.1) is 0 Å². The number of alkyl halides is 3. The van der Waals surface area contributed by atoms with Gasteiger partial charge >= 0.3 is 6.18 Å². The quantitative estimate of drug-likeness (QED) is 0.819. The van der Waals surface area contributed by atoms with Crippen LogP contribution >= 0.6 is 12.4 Å². The van der Waals surface area contributed by atoms with Crippen molar-refractivity contribution in [3.05, 3.63) is 0 Å². The summed E-state index contributed by atoms with van der Waals surface area (Å²) in [5, 5.41) is 0. The van der Waals surface area contributed by atoms with Gasteiger partial charge in [0.25, 0.3) is 0 Å². The van der Waals surface area contributed by atoms with Gasteiger partial charge in [-0.2, -0.15) is 13.2 Å². The van der Waals surface area contributed by atoms with Gasteiger partial charge in [-0.3, -0.25) is 4.79 Å². The summed E-state index contributed by atoms with van der Waals surface area (Å²) < 4.78 is 36.5. The Morgan fingerprint density at radius 1 is 1.56 bits per heavy atom. The van der Waals surface area contributed by atoms with Crippen molar-refractivity contribution in [3.8, 4) is 0 Å². The molecule has 0 spiro atoms. The zero-order valence-electron chi connectivity index (χ0n) is 8.96. The largest absolute Gasteiger partial charge is 0.412 e. The van der Waals surface area contributed by atoms with Crippen LogP contribution in [0.2, 0.25) is 0 Å². The Hall–Kier alpha value is -0.490. The molecule has 1 saturated heterocycles. The van der Waals surface area contributed by atoms with Crippen molar-refractivity contribution in [2.45, 2.75) is 32.0 Å². The molecule has 0 aliphatic carbocycles. The first-order valence-corrected chi connectivity index (χ1v) is 4.97. The minimum absolute atomic E-state index is 0. The summed E-state index contributed by atoms with van der Waals surface area (Å²) in [5.41, 5.74) is 4.84. The molecule has 0 bridgehead atoms. The number of likely N-dealkylation sites (tertiary alicyclic amines) is 1. The fourth-order valence-corrected chi connectivity index (χ4v) is 1.70. The number of halogens is 4. The van der Waals surface area contributed by atoms with Crippen molar-refractivity contribution < 1.29 is 18.0 Å². The highest BCUT2D eigenvalue weighted by atomic mass is 35.5. The molecule has 1 amide bonds. The van der Waals surface area contributed by atoms with Crippen LogP contribution in [0.4, 0.5) is 13.2 Å². The number of hydrogen-bond acceptors (Lipinski definition) is 2. The molecule has 2 N–H and O–H groups in total. The fraction of sp³-hybridized carbons (Fsp3) is 0.889. The molecule has 2 unspecified atom stereocenters. The van der Waals surface area contributed by atoms with Crippen molar-refractivity contribution in [2.24, 2.45) is 11.7 Å². The Morgan fingerprint density at radius 3 is 2.50 bits per heavy atom. The van der Waals surface area contributed by atoms with Crippen LogP contribution < -0.4 is 5.73 Å². The number of nitrogens with zero attached hydrogens (tertiary/aromatic N) is 1. The highest BCUT2D eigenvalue weighted by Gasteiger charge is 2.44. The second kappa shape index (κ2) is 5.72. The van der Waals surface area contributed by atoms with Gasteiger partial charge in [-0.25, -0.2) is 0 Å². The van der Waals surface area contributed by atoms with Gasteiger partial charge in [0, 0.05) is 13.1 Å². The van der Waals surface area contributed by atoms with E-state index in [0.29, 0.717) is 19.0 Å². The van der Waals surface area contributed by atoms with Gasteiger partial charge in [-0.15, -0.1) is 12.4 Å². The molecule has 1 fully saturated rings. The molecule has 96 valence electrons.